The highest BCUT2D eigenvalue weighted by molar-refractivity contribution is 8.33. The number of ether oxygens (including phenoxy) is 10. The molecular formula is C34H44O10S4. The molecule has 3 aliphatic rings. The van der Waals surface area contributed by atoms with Crippen LogP contribution in [0.5, 0.6) is 11.5 Å². The normalized spacial score (nSPS) is 21.8. The molecule has 0 saturated heterocycles. The molecule has 2 aromatic rings. The molecule has 0 saturated carbocycles. The van der Waals surface area contributed by atoms with E-state index in [0.717, 1.165) is 22.3 Å². The summed E-state index contributed by atoms with van der Waals surface area (Å²) < 4.78 is 60.2. The first-order valence-corrected chi connectivity index (χ1v) is 19.5. The van der Waals surface area contributed by atoms with Crippen molar-refractivity contribution in [3.05, 3.63) is 65.5 Å². The Morgan fingerprint density at radius 1 is 0.375 bits per heavy atom. The van der Waals surface area contributed by atoms with Crippen molar-refractivity contribution >= 4 is 57.8 Å². The zero-order valence-electron chi connectivity index (χ0n) is 27.1. The van der Waals surface area contributed by atoms with E-state index >= 15 is 0 Å². The number of benzene rings is 2. The lowest BCUT2D eigenvalue weighted by Crippen LogP contribution is -2.14. The molecule has 0 aromatic heterocycles. The number of rotatable bonds is 0. The molecule has 14 heteroatoms. The van der Waals surface area contributed by atoms with Crippen LogP contribution < -0.4 is 9.47 Å². The van der Waals surface area contributed by atoms with Crippen molar-refractivity contribution in [3.63, 3.8) is 0 Å². The van der Waals surface area contributed by atoms with Gasteiger partial charge in [0.25, 0.3) is 0 Å². The first-order valence-electron chi connectivity index (χ1n) is 16.1. The van der Waals surface area contributed by atoms with Crippen LogP contribution >= 0.6 is 47.0 Å². The van der Waals surface area contributed by atoms with E-state index in [2.05, 4.69) is 10.8 Å². The zero-order valence-corrected chi connectivity index (χ0v) is 30.3. The van der Waals surface area contributed by atoms with E-state index in [4.69, 9.17) is 47.4 Å². The molecule has 0 amide bonds. The lowest BCUT2D eigenvalue weighted by atomic mass is 10.1. The van der Waals surface area contributed by atoms with Gasteiger partial charge in [-0.15, -0.1) is 0 Å². The van der Waals surface area contributed by atoms with Crippen molar-refractivity contribution < 1.29 is 47.4 Å². The summed E-state index contributed by atoms with van der Waals surface area (Å²) in [5, 5.41) is 6.32. The van der Waals surface area contributed by atoms with E-state index < -0.39 is 0 Å². The molecule has 48 heavy (non-hydrogen) atoms. The van der Waals surface area contributed by atoms with E-state index in [9.17, 15) is 0 Å². The zero-order chi connectivity index (χ0) is 32.9. The van der Waals surface area contributed by atoms with Crippen molar-refractivity contribution in [1.82, 2.24) is 0 Å². The van der Waals surface area contributed by atoms with Crippen LogP contribution in [0.1, 0.15) is 0 Å². The van der Waals surface area contributed by atoms with Crippen molar-refractivity contribution in [2.75, 3.05) is 119 Å². The van der Waals surface area contributed by atoms with Gasteiger partial charge in [0.1, 0.15) is 24.7 Å². The third kappa shape index (κ3) is 13.7. The summed E-state index contributed by atoms with van der Waals surface area (Å²) in [5.41, 5.74) is 0. The molecule has 0 spiro atoms. The Hall–Kier alpha value is -1.40. The lowest BCUT2D eigenvalue weighted by molar-refractivity contribution is -0.00234. The van der Waals surface area contributed by atoms with Crippen LogP contribution in [0.15, 0.2) is 65.5 Å². The largest absolute Gasteiger partial charge is 0.491 e. The van der Waals surface area contributed by atoms with Gasteiger partial charge in [-0.25, -0.2) is 0 Å². The Bertz CT molecular complexity index is 1240. The van der Waals surface area contributed by atoms with Crippen molar-refractivity contribution in [2.24, 2.45) is 0 Å². The molecule has 2 aromatic carbocycles. The second kappa shape index (κ2) is 23.1. The Balaban J connectivity index is 1.01. The lowest BCUT2D eigenvalue weighted by Gasteiger charge is -2.13. The molecule has 3 aliphatic heterocycles. The molecule has 3 heterocycles. The van der Waals surface area contributed by atoms with Crippen LogP contribution in [0.25, 0.3) is 10.8 Å². The number of thioether (sulfide) groups is 4. The number of hydrogen-bond acceptors (Lipinski definition) is 14. The van der Waals surface area contributed by atoms with Gasteiger partial charge in [-0.1, -0.05) is 71.3 Å². The van der Waals surface area contributed by atoms with Gasteiger partial charge < -0.3 is 47.4 Å². The molecule has 0 aliphatic carbocycles. The minimum absolute atomic E-state index is 0.437. The summed E-state index contributed by atoms with van der Waals surface area (Å²) >= 11 is 7.07. The second-order valence-electron chi connectivity index (χ2n) is 10.3. The summed E-state index contributed by atoms with van der Waals surface area (Å²) in [6, 6.07) is 11.9. The van der Waals surface area contributed by atoms with Crippen LogP contribution in [0.3, 0.4) is 0 Å². The van der Waals surface area contributed by atoms with E-state index in [1.54, 1.807) is 47.0 Å². The molecule has 0 unspecified atom stereocenters. The Labute approximate surface area is 299 Å². The minimum atomic E-state index is 0.437. The monoisotopic (exact) mass is 740 g/mol. The average Bonchev–Trinajstić information content (AvgIpc) is 3.78. The highest BCUT2D eigenvalue weighted by Gasteiger charge is 2.22. The smallest absolute Gasteiger partial charge is 0.127 e. The highest BCUT2D eigenvalue weighted by Crippen LogP contribution is 2.55. The number of fused-ring (bicyclic) bond motifs is 4. The first-order chi connectivity index (χ1) is 23.9. The van der Waals surface area contributed by atoms with Crippen LogP contribution in [0.2, 0.25) is 0 Å². The summed E-state index contributed by atoms with van der Waals surface area (Å²) in [4.78, 5) is 2.43. The Morgan fingerprint density at radius 2 is 0.708 bits per heavy atom. The van der Waals surface area contributed by atoms with E-state index in [-0.39, 0.29) is 0 Å². The molecule has 8 bridgehead atoms. The summed E-state index contributed by atoms with van der Waals surface area (Å²) in [6.07, 6.45) is 0. The molecule has 264 valence electrons. The molecule has 0 radical (unpaired) electrons. The topological polar surface area (TPSA) is 92.3 Å². The van der Waals surface area contributed by atoms with Crippen molar-refractivity contribution in [3.8, 4) is 11.5 Å². The molecule has 5 rings (SSSR count). The van der Waals surface area contributed by atoms with Gasteiger partial charge in [0.15, 0.2) is 0 Å². The molecule has 0 atom stereocenters. The van der Waals surface area contributed by atoms with E-state index in [0.29, 0.717) is 119 Å². The number of hydrogen-bond donors (Lipinski definition) is 0. The second-order valence-corrected chi connectivity index (χ2v) is 14.8. The van der Waals surface area contributed by atoms with Crippen LogP contribution in [-0.4, -0.2) is 119 Å². The third-order valence-corrected chi connectivity index (χ3v) is 12.1. The van der Waals surface area contributed by atoms with Crippen molar-refractivity contribution in [2.45, 2.75) is 0 Å². The molecule has 10 nitrogen and oxygen atoms in total. The highest BCUT2D eigenvalue weighted by atomic mass is 32.2. The quantitative estimate of drug-likeness (QED) is 0.294. The van der Waals surface area contributed by atoms with Crippen LogP contribution in [-0.2, 0) is 37.9 Å². The SMILES string of the molecule is C1=C2COCCOCCOCCOCCOc3cccc4c(cccc34)OCCOCCOCCOCCOCC3=CSC(=C(S1)S2)S3. The van der Waals surface area contributed by atoms with E-state index in [1.165, 1.54) is 18.3 Å². The van der Waals surface area contributed by atoms with E-state index in [1.807, 2.05) is 36.4 Å². The minimum Gasteiger partial charge on any atom is -0.491 e. The fourth-order valence-electron chi connectivity index (χ4n) is 4.47. The van der Waals surface area contributed by atoms with Gasteiger partial charge >= 0.3 is 0 Å². The predicted octanol–water partition coefficient (Wildman–Crippen LogP) is 6.51. The van der Waals surface area contributed by atoms with Crippen molar-refractivity contribution in [1.29, 1.82) is 0 Å². The molecular weight excluding hydrogens is 697 g/mol. The molecule has 0 fully saturated rings. The van der Waals surface area contributed by atoms with Gasteiger partial charge in [0, 0.05) is 20.6 Å². The van der Waals surface area contributed by atoms with Gasteiger partial charge in [-0.3, -0.25) is 0 Å². The first kappa shape index (κ1) is 37.8. The summed E-state index contributed by atoms with van der Waals surface area (Å²) in [6.45, 7) is 9.19. The van der Waals surface area contributed by atoms with Gasteiger partial charge in [0.05, 0.1) is 114 Å². The summed E-state index contributed by atoms with van der Waals surface area (Å²) in [7, 11) is 0. The van der Waals surface area contributed by atoms with Crippen LogP contribution in [0.4, 0.5) is 0 Å². The predicted molar refractivity (Wildman–Crippen MR) is 195 cm³/mol. The fourth-order valence-corrected chi connectivity index (χ4v) is 9.27. The maximum absolute atomic E-state index is 6.03. The summed E-state index contributed by atoms with van der Waals surface area (Å²) in [5.74, 6) is 1.58. The van der Waals surface area contributed by atoms with Gasteiger partial charge in [0.2, 0.25) is 0 Å². The maximum Gasteiger partial charge on any atom is 0.127 e. The average molecular weight is 741 g/mol. The third-order valence-electron chi connectivity index (χ3n) is 6.74. The fraction of sp³-hybridized carbons (Fsp3) is 0.529. The Kier molecular flexibility index (Phi) is 18.2. The van der Waals surface area contributed by atoms with Gasteiger partial charge in [-0.2, -0.15) is 0 Å². The van der Waals surface area contributed by atoms with Crippen LogP contribution in [0, 0.1) is 0 Å². The molecule has 0 N–H and O–H groups in total. The van der Waals surface area contributed by atoms with Gasteiger partial charge in [-0.05, 0) is 22.9 Å². The maximum atomic E-state index is 6.03. The Morgan fingerprint density at radius 3 is 1.08 bits per heavy atom. The standard InChI is InChI=1S/C34H44O10S4/c1-3-29-30-4-2-6-32(29)44-22-20-40-14-12-36-8-10-38-16-18-42-24-28-26-46-34(48-28)33-45-25-27(47-33)23-41-17-15-37-9-7-35-11-13-39-19-21-43-31(30)5-1/h1-6,25-26H,7-24H2.